The minimum Gasteiger partial charge on any atom is -0.462 e. The number of rotatable bonds is 8. The van der Waals surface area contributed by atoms with Crippen LogP contribution >= 0.6 is 0 Å². The Balaban J connectivity index is 1.67. The van der Waals surface area contributed by atoms with Crippen molar-refractivity contribution in [1.29, 1.82) is 0 Å². The summed E-state index contributed by atoms with van der Waals surface area (Å²) in [5.74, 6) is -0.554. The average molecular weight is 485 g/mol. The molecule has 0 spiro atoms. The molecule has 184 valence electrons. The van der Waals surface area contributed by atoms with Gasteiger partial charge in [0.15, 0.2) is 17.4 Å². The van der Waals surface area contributed by atoms with Gasteiger partial charge in [-0.15, -0.1) is 0 Å². The molecule has 2 heterocycles. The first-order valence-electron chi connectivity index (χ1n) is 11.8. The van der Waals surface area contributed by atoms with E-state index in [4.69, 9.17) is 9.72 Å². The first-order chi connectivity index (χ1) is 17.3. The zero-order chi connectivity index (χ0) is 25.8. The number of anilines is 1. The van der Waals surface area contributed by atoms with E-state index in [9.17, 15) is 14.4 Å². The second-order valence-electron chi connectivity index (χ2n) is 8.65. The summed E-state index contributed by atoms with van der Waals surface area (Å²) >= 11 is 0. The molecule has 8 nitrogen and oxygen atoms in total. The van der Waals surface area contributed by atoms with Gasteiger partial charge in [0, 0.05) is 23.8 Å². The molecule has 2 aromatic carbocycles. The topological polar surface area (TPSA) is 103 Å². The number of carbonyl (C=O) groups excluding carboxylic acids is 3. The van der Waals surface area contributed by atoms with E-state index in [0.29, 0.717) is 11.4 Å². The maximum absolute atomic E-state index is 12.9. The van der Waals surface area contributed by atoms with Crippen molar-refractivity contribution in [3.8, 4) is 5.82 Å². The van der Waals surface area contributed by atoms with Gasteiger partial charge in [-0.2, -0.15) is 9.78 Å². The van der Waals surface area contributed by atoms with Gasteiger partial charge < -0.3 is 10.1 Å². The van der Waals surface area contributed by atoms with Gasteiger partial charge in [-0.25, -0.2) is 9.78 Å². The Bertz CT molecular complexity index is 1460. The second-order valence-corrected chi connectivity index (χ2v) is 8.65. The number of esters is 1. The summed E-state index contributed by atoms with van der Waals surface area (Å²) in [6.07, 6.45) is 1.33. The van der Waals surface area contributed by atoms with Gasteiger partial charge in [0.05, 0.1) is 18.3 Å². The number of nitrogens with one attached hydrogen (secondary N) is 1. The minimum atomic E-state index is -0.608. The highest BCUT2D eigenvalue weighted by atomic mass is 16.5. The van der Waals surface area contributed by atoms with Crippen molar-refractivity contribution in [1.82, 2.24) is 14.8 Å². The Morgan fingerprint density at radius 2 is 1.72 bits per heavy atom. The van der Waals surface area contributed by atoms with Crippen LogP contribution in [0.25, 0.3) is 16.7 Å². The SMILES string of the molecule is CCOC(=O)c1cnn(-c2cc(C)c3cc(C)cc(C)c3n2)c1NC(=O)CCC(=O)c1ccccc1. The number of pyridine rings is 1. The van der Waals surface area contributed by atoms with E-state index in [1.807, 2.05) is 32.9 Å². The number of aryl methyl sites for hydroxylation is 3. The van der Waals surface area contributed by atoms with Crippen molar-refractivity contribution in [2.24, 2.45) is 0 Å². The van der Waals surface area contributed by atoms with Crippen LogP contribution in [0, 0.1) is 20.8 Å². The molecule has 1 amide bonds. The van der Waals surface area contributed by atoms with Crippen molar-refractivity contribution in [2.45, 2.75) is 40.5 Å². The van der Waals surface area contributed by atoms with E-state index in [2.05, 4.69) is 22.5 Å². The molecule has 4 rings (SSSR count). The third kappa shape index (κ3) is 5.17. The fourth-order valence-corrected chi connectivity index (χ4v) is 4.13. The number of aromatic nitrogens is 3. The van der Waals surface area contributed by atoms with Gasteiger partial charge in [0.1, 0.15) is 5.56 Å². The van der Waals surface area contributed by atoms with Crippen molar-refractivity contribution in [3.63, 3.8) is 0 Å². The monoisotopic (exact) mass is 484 g/mol. The quantitative estimate of drug-likeness (QED) is 0.275. The Hall–Kier alpha value is -4.33. The van der Waals surface area contributed by atoms with E-state index < -0.39 is 11.9 Å². The van der Waals surface area contributed by atoms with Crippen LogP contribution in [0.2, 0.25) is 0 Å². The number of carbonyl (C=O) groups is 3. The molecule has 1 N–H and O–H groups in total. The maximum atomic E-state index is 12.9. The highest BCUT2D eigenvalue weighted by molar-refractivity contribution is 6.03. The number of ketones is 1. The predicted octanol–water partition coefficient (Wildman–Crippen LogP) is 5.12. The number of fused-ring (bicyclic) bond motifs is 1. The summed E-state index contributed by atoms with van der Waals surface area (Å²) < 4.78 is 6.59. The maximum Gasteiger partial charge on any atom is 0.343 e. The van der Waals surface area contributed by atoms with Gasteiger partial charge in [0.2, 0.25) is 5.91 Å². The van der Waals surface area contributed by atoms with E-state index in [1.54, 1.807) is 31.2 Å². The van der Waals surface area contributed by atoms with Crippen LogP contribution in [0.1, 0.15) is 57.2 Å². The molecule has 2 aromatic heterocycles. The molecule has 36 heavy (non-hydrogen) atoms. The molecule has 0 atom stereocenters. The summed E-state index contributed by atoms with van der Waals surface area (Å²) in [6, 6.07) is 14.8. The molecule has 0 saturated heterocycles. The zero-order valence-electron chi connectivity index (χ0n) is 20.8. The lowest BCUT2D eigenvalue weighted by Crippen LogP contribution is -2.19. The Kier molecular flexibility index (Phi) is 7.24. The third-order valence-corrected chi connectivity index (χ3v) is 5.86. The van der Waals surface area contributed by atoms with Crippen molar-refractivity contribution >= 4 is 34.4 Å². The van der Waals surface area contributed by atoms with Crippen LogP contribution in [0.15, 0.2) is 54.7 Å². The molecule has 0 aliphatic carbocycles. The first-order valence-corrected chi connectivity index (χ1v) is 11.8. The Labute approximate surface area is 209 Å². The fraction of sp³-hybridized carbons (Fsp3) is 0.250. The fourth-order valence-electron chi connectivity index (χ4n) is 4.13. The predicted molar refractivity (Wildman–Crippen MR) is 138 cm³/mol. The van der Waals surface area contributed by atoms with Crippen LogP contribution in [-0.4, -0.2) is 39.0 Å². The lowest BCUT2D eigenvalue weighted by molar-refractivity contribution is -0.116. The van der Waals surface area contributed by atoms with E-state index >= 15 is 0 Å². The van der Waals surface area contributed by atoms with Crippen LogP contribution in [0.4, 0.5) is 5.82 Å². The number of nitrogens with zero attached hydrogens (tertiary/aromatic N) is 3. The smallest absolute Gasteiger partial charge is 0.343 e. The summed E-state index contributed by atoms with van der Waals surface area (Å²) in [4.78, 5) is 42.7. The molecular formula is C28H28N4O4. The van der Waals surface area contributed by atoms with Crippen LogP contribution < -0.4 is 5.32 Å². The summed E-state index contributed by atoms with van der Waals surface area (Å²) in [5, 5.41) is 8.14. The van der Waals surface area contributed by atoms with Gasteiger partial charge in [-0.3, -0.25) is 9.59 Å². The van der Waals surface area contributed by atoms with E-state index in [0.717, 1.165) is 27.6 Å². The molecule has 0 fully saturated rings. The van der Waals surface area contributed by atoms with Gasteiger partial charge in [0.25, 0.3) is 0 Å². The molecule has 0 aliphatic rings. The molecule has 0 saturated carbocycles. The minimum absolute atomic E-state index is 0.0323. The largest absolute Gasteiger partial charge is 0.462 e. The van der Waals surface area contributed by atoms with Crippen LogP contribution in [0.5, 0.6) is 0 Å². The van der Waals surface area contributed by atoms with Crippen LogP contribution in [-0.2, 0) is 9.53 Å². The molecule has 8 heteroatoms. The third-order valence-electron chi connectivity index (χ3n) is 5.86. The highest BCUT2D eigenvalue weighted by Gasteiger charge is 2.23. The number of ether oxygens (including phenoxy) is 1. The number of hydrogen-bond donors (Lipinski definition) is 1. The molecule has 0 unspecified atom stereocenters. The lowest BCUT2D eigenvalue weighted by atomic mass is 10.0. The van der Waals surface area contributed by atoms with E-state index in [-0.39, 0.29) is 36.6 Å². The van der Waals surface area contributed by atoms with E-state index in [1.165, 1.54) is 10.9 Å². The summed E-state index contributed by atoms with van der Waals surface area (Å²) in [6.45, 7) is 7.89. The van der Waals surface area contributed by atoms with Gasteiger partial charge in [-0.1, -0.05) is 42.0 Å². The van der Waals surface area contributed by atoms with Crippen molar-refractivity contribution < 1.29 is 19.1 Å². The number of hydrogen-bond acceptors (Lipinski definition) is 6. The Morgan fingerprint density at radius 1 is 0.972 bits per heavy atom. The summed E-state index contributed by atoms with van der Waals surface area (Å²) in [7, 11) is 0. The molecule has 0 radical (unpaired) electrons. The zero-order valence-corrected chi connectivity index (χ0v) is 20.8. The second kappa shape index (κ2) is 10.5. The summed E-state index contributed by atoms with van der Waals surface area (Å²) in [5.41, 5.74) is 4.61. The standard InChI is InChI=1S/C28H28N4O4/c1-5-36-28(35)22-16-29-32(24-15-18(3)21-14-17(2)13-19(4)26(21)30-24)27(22)31-25(34)12-11-23(33)20-9-7-6-8-10-20/h6-10,13-16H,5,11-12H2,1-4H3,(H,31,34). The molecule has 4 aromatic rings. The Morgan fingerprint density at radius 3 is 2.44 bits per heavy atom. The van der Waals surface area contributed by atoms with Crippen molar-refractivity contribution in [3.05, 3.63) is 82.5 Å². The molecule has 0 aliphatic heterocycles. The first kappa shape index (κ1) is 24.8. The normalized spacial score (nSPS) is 10.9. The van der Waals surface area contributed by atoms with Crippen LogP contribution in [0.3, 0.4) is 0 Å². The van der Waals surface area contributed by atoms with Gasteiger partial charge in [-0.05, 0) is 51.0 Å². The highest BCUT2D eigenvalue weighted by Crippen LogP contribution is 2.27. The van der Waals surface area contributed by atoms with Crippen molar-refractivity contribution in [2.75, 3.05) is 11.9 Å². The molecular weight excluding hydrogens is 456 g/mol. The van der Waals surface area contributed by atoms with Gasteiger partial charge >= 0.3 is 5.97 Å². The number of Topliss-reactive ketones (excluding diaryl/α,β-unsaturated/α-hetero) is 1. The average Bonchev–Trinajstić information content (AvgIpc) is 3.27. The number of amides is 1. The number of benzene rings is 2. The molecule has 0 bridgehead atoms. The lowest BCUT2D eigenvalue weighted by Gasteiger charge is -2.13.